The van der Waals surface area contributed by atoms with E-state index in [-0.39, 0.29) is 22.7 Å². The first-order valence-electron chi connectivity index (χ1n) is 7.76. The van der Waals surface area contributed by atoms with E-state index in [9.17, 15) is 14.9 Å². The van der Waals surface area contributed by atoms with Gasteiger partial charge in [-0.2, -0.15) is 0 Å². The number of rotatable bonds is 4. The molecule has 0 bridgehead atoms. The summed E-state index contributed by atoms with van der Waals surface area (Å²) in [6.45, 7) is 3.31. The van der Waals surface area contributed by atoms with E-state index in [4.69, 9.17) is 27.7 Å². The molecule has 2 aromatic carbocycles. The number of aromatic nitrogens is 1. The van der Waals surface area contributed by atoms with Crippen LogP contribution in [0, 0.1) is 24.0 Å². The summed E-state index contributed by atoms with van der Waals surface area (Å²) in [7, 11) is 0. The summed E-state index contributed by atoms with van der Waals surface area (Å²) in [5.41, 5.74) is 1.57. The summed E-state index contributed by atoms with van der Waals surface area (Å²) >= 11 is 12.4. The van der Waals surface area contributed by atoms with Gasteiger partial charge in [-0.25, -0.2) is 0 Å². The number of amides is 1. The predicted octanol–water partition coefficient (Wildman–Crippen LogP) is 5.43. The maximum Gasteiger partial charge on any atom is 0.271 e. The van der Waals surface area contributed by atoms with Crippen molar-refractivity contribution in [3.05, 3.63) is 73.4 Å². The normalized spacial score (nSPS) is 10.7. The molecule has 1 heterocycles. The van der Waals surface area contributed by atoms with E-state index in [1.807, 2.05) is 0 Å². The zero-order valence-corrected chi connectivity index (χ0v) is 15.8. The minimum Gasteiger partial charge on any atom is -0.360 e. The van der Waals surface area contributed by atoms with Crippen molar-refractivity contribution in [1.29, 1.82) is 0 Å². The van der Waals surface area contributed by atoms with Crippen molar-refractivity contribution in [3.63, 3.8) is 0 Å². The molecule has 0 spiro atoms. The summed E-state index contributed by atoms with van der Waals surface area (Å²) in [5.74, 6) is -0.273. The van der Waals surface area contributed by atoms with Crippen molar-refractivity contribution in [2.24, 2.45) is 0 Å². The average molecular weight is 406 g/mol. The van der Waals surface area contributed by atoms with Gasteiger partial charge in [0.2, 0.25) is 0 Å². The van der Waals surface area contributed by atoms with Crippen molar-refractivity contribution in [3.8, 4) is 11.3 Å². The molecule has 0 radical (unpaired) electrons. The SMILES string of the molecule is Cc1ccc([N+](=O)[O-])cc1NC(=O)c1c(-c2c(Cl)cccc2Cl)noc1C. The number of nitrogens with one attached hydrogen (secondary N) is 1. The van der Waals surface area contributed by atoms with E-state index in [1.54, 1.807) is 38.1 Å². The number of aryl methyl sites for hydroxylation is 2. The van der Waals surface area contributed by atoms with Gasteiger partial charge in [-0.15, -0.1) is 0 Å². The third kappa shape index (κ3) is 3.65. The van der Waals surface area contributed by atoms with Crippen LogP contribution in [0.25, 0.3) is 11.3 Å². The Labute approximate surface area is 164 Å². The van der Waals surface area contributed by atoms with Gasteiger partial charge in [0.1, 0.15) is 17.0 Å². The summed E-state index contributed by atoms with van der Waals surface area (Å²) in [6.07, 6.45) is 0. The molecule has 0 saturated carbocycles. The Kier molecular flexibility index (Phi) is 5.16. The Morgan fingerprint density at radius 2 is 1.85 bits per heavy atom. The van der Waals surface area contributed by atoms with Gasteiger partial charge in [-0.3, -0.25) is 14.9 Å². The standard InChI is InChI=1S/C18H13Cl2N3O4/c1-9-6-7-11(23(25)26)8-14(9)21-18(24)15-10(2)27-22-17(15)16-12(19)4-3-5-13(16)20/h3-8H,1-2H3,(H,21,24). The molecule has 0 aliphatic heterocycles. The van der Waals surface area contributed by atoms with Crippen molar-refractivity contribution in [2.45, 2.75) is 13.8 Å². The monoisotopic (exact) mass is 405 g/mol. The molecule has 7 nitrogen and oxygen atoms in total. The van der Waals surface area contributed by atoms with Crippen molar-refractivity contribution < 1.29 is 14.2 Å². The molecule has 9 heteroatoms. The maximum absolute atomic E-state index is 12.9. The molecule has 1 aromatic heterocycles. The predicted molar refractivity (Wildman–Crippen MR) is 102 cm³/mol. The Morgan fingerprint density at radius 3 is 2.48 bits per heavy atom. The van der Waals surface area contributed by atoms with E-state index in [0.717, 1.165) is 0 Å². The first-order valence-corrected chi connectivity index (χ1v) is 8.52. The largest absolute Gasteiger partial charge is 0.360 e. The van der Waals surface area contributed by atoms with Gasteiger partial charge in [0.05, 0.1) is 20.7 Å². The number of nitro groups is 1. The van der Waals surface area contributed by atoms with Gasteiger partial charge in [0, 0.05) is 17.7 Å². The van der Waals surface area contributed by atoms with Gasteiger partial charge in [0.25, 0.3) is 11.6 Å². The highest BCUT2D eigenvalue weighted by atomic mass is 35.5. The number of anilines is 1. The minimum absolute atomic E-state index is 0.132. The van der Waals surface area contributed by atoms with Crippen LogP contribution in [-0.2, 0) is 0 Å². The number of halogens is 2. The summed E-state index contributed by atoms with van der Waals surface area (Å²) in [6, 6.07) is 9.13. The lowest BCUT2D eigenvalue weighted by molar-refractivity contribution is -0.384. The molecule has 0 aliphatic rings. The number of carbonyl (C=O) groups excluding carboxylic acids is 1. The first kappa shape index (κ1) is 18.9. The molecule has 1 N–H and O–H groups in total. The van der Waals surface area contributed by atoms with E-state index in [0.29, 0.717) is 26.9 Å². The molecule has 0 unspecified atom stereocenters. The van der Waals surface area contributed by atoms with Gasteiger partial charge in [-0.1, -0.05) is 40.5 Å². The molecule has 27 heavy (non-hydrogen) atoms. The van der Waals surface area contributed by atoms with Crippen LogP contribution in [0.5, 0.6) is 0 Å². The van der Waals surface area contributed by atoms with Crippen molar-refractivity contribution >= 4 is 40.5 Å². The van der Waals surface area contributed by atoms with Crippen LogP contribution in [0.2, 0.25) is 10.0 Å². The zero-order valence-electron chi connectivity index (χ0n) is 14.2. The molecule has 138 valence electrons. The van der Waals surface area contributed by atoms with Crippen LogP contribution in [-0.4, -0.2) is 16.0 Å². The Morgan fingerprint density at radius 1 is 1.19 bits per heavy atom. The lowest BCUT2D eigenvalue weighted by atomic mass is 10.0. The number of hydrogen-bond acceptors (Lipinski definition) is 5. The number of carbonyl (C=O) groups is 1. The van der Waals surface area contributed by atoms with E-state index in [2.05, 4.69) is 10.5 Å². The van der Waals surface area contributed by atoms with Gasteiger partial charge in [-0.05, 0) is 31.5 Å². The molecule has 3 aromatic rings. The van der Waals surface area contributed by atoms with Gasteiger partial charge < -0.3 is 9.84 Å². The second-order valence-electron chi connectivity index (χ2n) is 5.77. The van der Waals surface area contributed by atoms with Crippen LogP contribution in [0.15, 0.2) is 40.9 Å². The summed E-state index contributed by atoms with van der Waals surface area (Å²) in [5, 5.41) is 18.2. The Balaban J connectivity index is 2.04. The fourth-order valence-corrected chi connectivity index (χ4v) is 3.15. The number of hydrogen-bond donors (Lipinski definition) is 1. The first-order chi connectivity index (χ1) is 12.8. The lowest BCUT2D eigenvalue weighted by Crippen LogP contribution is -2.14. The number of nitro benzene ring substituents is 1. The van der Waals surface area contributed by atoms with Crippen molar-refractivity contribution in [2.75, 3.05) is 5.32 Å². The average Bonchev–Trinajstić information content (AvgIpc) is 2.98. The van der Waals surface area contributed by atoms with Crippen LogP contribution < -0.4 is 5.32 Å². The fraction of sp³-hybridized carbons (Fsp3) is 0.111. The van der Waals surface area contributed by atoms with E-state index < -0.39 is 10.8 Å². The van der Waals surface area contributed by atoms with Crippen LogP contribution in [0.1, 0.15) is 21.7 Å². The topological polar surface area (TPSA) is 98.3 Å². The molecular weight excluding hydrogens is 393 g/mol. The van der Waals surface area contributed by atoms with Crippen LogP contribution in [0.3, 0.4) is 0 Å². The molecular formula is C18H13Cl2N3O4. The molecule has 0 aliphatic carbocycles. The van der Waals surface area contributed by atoms with Crippen molar-refractivity contribution in [1.82, 2.24) is 5.16 Å². The van der Waals surface area contributed by atoms with E-state index in [1.165, 1.54) is 12.1 Å². The smallest absolute Gasteiger partial charge is 0.271 e. The number of non-ortho nitro benzene ring substituents is 1. The fourth-order valence-electron chi connectivity index (χ4n) is 2.58. The summed E-state index contributed by atoms with van der Waals surface area (Å²) < 4.78 is 5.17. The third-order valence-electron chi connectivity index (χ3n) is 3.97. The highest BCUT2D eigenvalue weighted by Crippen LogP contribution is 2.37. The molecule has 0 fully saturated rings. The molecule has 0 atom stereocenters. The maximum atomic E-state index is 12.9. The second-order valence-corrected chi connectivity index (χ2v) is 6.58. The second kappa shape index (κ2) is 7.38. The quantitative estimate of drug-likeness (QED) is 0.460. The molecule has 0 saturated heterocycles. The van der Waals surface area contributed by atoms with Crippen LogP contribution in [0.4, 0.5) is 11.4 Å². The third-order valence-corrected chi connectivity index (χ3v) is 4.60. The molecule has 3 rings (SSSR count). The van der Waals surface area contributed by atoms with Gasteiger partial charge >= 0.3 is 0 Å². The highest BCUT2D eigenvalue weighted by Gasteiger charge is 2.25. The lowest BCUT2D eigenvalue weighted by Gasteiger charge is -2.10. The van der Waals surface area contributed by atoms with Crippen LogP contribution >= 0.6 is 23.2 Å². The Bertz CT molecular complexity index is 1040. The number of benzene rings is 2. The summed E-state index contributed by atoms with van der Waals surface area (Å²) in [4.78, 5) is 23.3. The van der Waals surface area contributed by atoms with E-state index >= 15 is 0 Å². The highest BCUT2D eigenvalue weighted by molar-refractivity contribution is 6.39. The van der Waals surface area contributed by atoms with Gasteiger partial charge in [0.15, 0.2) is 0 Å². The molecule has 1 amide bonds. The number of nitrogens with zero attached hydrogens (tertiary/aromatic N) is 2. The Hall–Kier alpha value is -2.90. The minimum atomic E-state index is -0.539. The zero-order chi connectivity index (χ0) is 19.7.